The third kappa shape index (κ3) is 2.42. The predicted octanol–water partition coefficient (Wildman–Crippen LogP) is 2.37. The molecule has 1 fully saturated rings. The Morgan fingerprint density at radius 3 is 2.72 bits per heavy atom. The zero-order chi connectivity index (χ0) is 17.7. The molecule has 0 aliphatic carbocycles. The molecular formula is C18H22N6O. The number of pyridine rings is 1. The minimum Gasteiger partial charge on any atom is -0.331 e. The van der Waals surface area contributed by atoms with Gasteiger partial charge in [-0.25, -0.2) is 0 Å². The number of rotatable bonds is 2. The van der Waals surface area contributed by atoms with E-state index >= 15 is 0 Å². The van der Waals surface area contributed by atoms with Gasteiger partial charge in [-0.1, -0.05) is 0 Å². The molecule has 3 aromatic rings. The lowest BCUT2D eigenvalue weighted by Gasteiger charge is -2.25. The Morgan fingerprint density at radius 2 is 2.00 bits per heavy atom. The second-order valence-electron chi connectivity index (χ2n) is 6.76. The molecule has 0 unspecified atom stereocenters. The summed E-state index contributed by atoms with van der Waals surface area (Å²) in [6.45, 7) is 6.75. The number of aryl methyl sites for hydroxylation is 3. The first kappa shape index (κ1) is 15.8. The van der Waals surface area contributed by atoms with Gasteiger partial charge in [-0.15, -0.1) is 10.2 Å². The largest absolute Gasteiger partial charge is 0.331 e. The van der Waals surface area contributed by atoms with Crippen LogP contribution in [-0.2, 0) is 7.05 Å². The van der Waals surface area contributed by atoms with Crippen molar-refractivity contribution < 1.29 is 4.79 Å². The van der Waals surface area contributed by atoms with Gasteiger partial charge in [0.25, 0.3) is 5.91 Å². The number of fused-ring (bicyclic) bond motifs is 1. The van der Waals surface area contributed by atoms with E-state index < -0.39 is 0 Å². The van der Waals surface area contributed by atoms with E-state index in [-0.39, 0.29) is 11.9 Å². The first-order valence-corrected chi connectivity index (χ1v) is 8.60. The number of carbonyl (C=O) groups excluding carboxylic acids is 1. The maximum absolute atomic E-state index is 13.2. The summed E-state index contributed by atoms with van der Waals surface area (Å²) in [4.78, 5) is 15.2. The first-order chi connectivity index (χ1) is 12.0. The van der Waals surface area contributed by atoms with Crippen molar-refractivity contribution in [1.29, 1.82) is 0 Å². The number of hydrogen-bond acceptors (Lipinski definition) is 4. The van der Waals surface area contributed by atoms with Crippen LogP contribution in [0.2, 0.25) is 0 Å². The normalized spacial score (nSPS) is 17.6. The molecule has 0 saturated carbocycles. The predicted molar refractivity (Wildman–Crippen MR) is 93.4 cm³/mol. The molecule has 4 rings (SSSR count). The third-order valence-electron chi connectivity index (χ3n) is 5.23. The molecule has 0 spiro atoms. The Balaban J connectivity index is 1.71. The lowest BCUT2D eigenvalue weighted by atomic mass is 10.0. The van der Waals surface area contributed by atoms with Crippen LogP contribution in [0.5, 0.6) is 0 Å². The van der Waals surface area contributed by atoms with Crippen molar-refractivity contribution in [2.75, 3.05) is 6.54 Å². The second-order valence-corrected chi connectivity index (χ2v) is 6.76. The van der Waals surface area contributed by atoms with Crippen LogP contribution >= 0.6 is 0 Å². The van der Waals surface area contributed by atoms with Crippen LogP contribution in [0.15, 0.2) is 18.3 Å². The summed E-state index contributed by atoms with van der Waals surface area (Å²) in [7, 11) is 1.95. The van der Waals surface area contributed by atoms with E-state index in [2.05, 4.69) is 22.2 Å². The molecule has 7 heteroatoms. The van der Waals surface area contributed by atoms with Gasteiger partial charge in [-0.05, 0) is 45.7 Å². The summed E-state index contributed by atoms with van der Waals surface area (Å²) in [6.07, 6.45) is 3.83. The summed E-state index contributed by atoms with van der Waals surface area (Å²) in [5, 5.41) is 12.7. The van der Waals surface area contributed by atoms with Crippen molar-refractivity contribution in [1.82, 2.24) is 29.3 Å². The van der Waals surface area contributed by atoms with Crippen molar-refractivity contribution >= 4 is 11.6 Å². The highest BCUT2D eigenvalue weighted by Gasteiger charge is 2.34. The number of aromatic nitrogens is 5. The number of carbonyl (C=O) groups is 1. The van der Waals surface area contributed by atoms with Crippen molar-refractivity contribution in [3.63, 3.8) is 0 Å². The third-order valence-corrected chi connectivity index (χ3v) is 5.23. The van der Waals surface area contributed by atoms with Gasteiger partial charge in [0.15, 0.2) is 5.65 Å². The van der Waals surface area contributed by atoms with Gasteiger partial charge in [-0.2, -0.15) is 5.10 Å². The summed E-state index contributed by atoms with van der Waals surface area (Å²) in [6, 6.07) is 3.78. The zero-order valence-electron chi connectivity index (χ0n) is 15.0. The Hall–Kier alpha value is -2.70. The second kappa shape index (κ2) is 5.68. The molecule has 130 valence electrons. The average molecular weight is 338 g/mol. The summed E-state index contributed by atoms with van der Waals surface area (Å²) >= 11 is 0. The fourth-order valence-corrected chi connectivity index (χ4v) is 3.88. The van der Waals surface area contributed by atoms with E-state index in [4.69, 9.17) is 0 Å². The molecule has 7 nitrogen and oxygen atoms in total. The van der Waals surface area contributed by atoms with Crippen molar-refractivity contribution in [2.45, 2.75) is 39.7 Å². The van der Waals surface area contributed by atoms with E-state index in [1.165, 1.54) is 5.56 Å². The monoisotopic (exact) mass is 338 g/mol. The Bertz CT molecular complexity index is 970. The summed E-state index contributed by atoms with van der Waals surface area (Å²) < 4.78 is 3.76. The number of hydrogen-bond donors (Lipinski definition) is 0. The zero-order valence-corrected chi connectivity index (χ0v) is 15.0. The number of likely N-dealkylation sites (tertiary alicyclic amines) is 1. The highest BCUT2D eigenvalue weighted by Crippen LogP contribution is 2.36. The molecule has 0 N–H and O–H groups in total. The lowest BCUT2D eigenvalue weighted by molar-refractivity contribution is 0.0734. The van der Waals surface area contributed by atoms with Crippen LogP contribution < -0.4 is 0 Å². The highest BCUT2D eigenvalue weighted by molar-refractivity contribution is 5.94. The highest BCUT2D eigenvalue weighted by atomic mass is 16.2. The van der Waals surface area contributed by atoms with Gasteiger partial charge in [-0.3, -0.25) is 13.9 Å². The van der Waals surface area contributed by atoms with Gasteiger partial charge in [0.1, 0.15) is 5.82 Å². The minimum atomic E-state index is 0.0557. The van der Waals surface area contributed by atoms with Crippen LogP contribution in [0, 0.1) is 20.8 Å². The van der Waals surface area contributed by atoms with E-state index in [0.717, 1.165) is 42.2 Å². The van der Waals surface area contributed by atoms with Gasteiger partial charge in [0, 0.05) is 31.0 Å². The van der Waals surface area contributed by atoms with Gasteiger partial charge < -0.3 is 4.90 Å². The van der Waals surface area contributed by atoms with Crippen LogP contribution in [-0.4, -0.2) is 41.7 Å². The quantitative estimate of drug-likeness (QED) is 0.719. The molecule has 0 radical (unpaired) electrons. The van der Waals surface area contributed by atoms with Gasteiger partial charge >= 0.3 is 0 Å². The Labute approximate surface area is 146 Å². The molecule has 1 amide bonds. The van der Waals surface area contributed by atoms with E-state index in [1.54, 1.807) is 0 Å². The summed E-state index contributed by atoms with van der Waals surface area (Å²) in [5.41, 5.74) is 4.75. The van der Waals surface area contributed by atoms with Gasteiger partial charge in [0.05, 0.1) is 17.3 Å². The van der Waals surface area contributed by atoms with Crippen molar-refractivity contribution in [3.8, 4) is 0 Å². The lowest BCUT2D eigenvalue weighted by Crippen LogP contribution is -2.31. The van der Waals surface area contributed by atoms with Gasteiger partial charge in [0.2, 0.25) is 0 Å². The molecule has 1 aliphatic rings. The van der Waals surface area contributed by atoms with Crippen molar-refractivity contribution in [2.24, 2.45) is 7.05 Å². The topological polar surface area (TPSA) is 68.3 Å². The SMILES string of the molecule is Cc1nn(C)c(C)c1[C@@H]1CCCN1C(=O)c1ccc2nnc(C)n2c1. The summed E-state index contributed by atoms with van der Waals surface area (Å²) in [5.74, 6) is 0.835. The standard InChI is InChI=1S/C18H22N6O/c1-11-17(12(2)22(4)21-11)15-6-5-9-23(15)18(25)14-7-8-16-20-19-13(3)24(16)10-14/h7-8,10,15H,5-6,9H2,1-4H3/t15-/m0/s1. The smallest absolute Gasteiger partial charge is 0.255 e. The minimum absolute atomic E-state index is 0.0557. The molecule has 0 bridgehead atoms. The molecule has 0 aromatic carbocycles. The number of nitrogens with zero attached hydrogens (tertiary/aromatic N) is 6. The first-order valence-electron chi connectivity index (χ1n) is 8.60. The molecule has 25 heavy (non-hydrogen) atoms. The molecule has 1 saturated heterocycles. The Morgan fingerprint density at radius 1 is 1.20 bits per heavy atom. The molecule has 4 heterocycles. The fraction of sp³-hybridized carbons (Fsp3) is 0.444. The van der Waals surface area contributed by atoms with Crippen LogP contribution in [0.3, 0.4) is 0 Å². The van der Waals surface area contributed by atoms with Crippen LogP contribution in [0.25, 0.3) is 5.65 Å². The average Bonchev–Trinajstić information content (AvgIpc) is 3.27. The van der Waals surface area contributed by atoms with Crippen LogP contribution in [0.1, 0.15) is 52.0 Å². The van der Waals surface area contributed by atoms with E-state index in [0.29, 0.717) is 5.56 Å². The van der Waals surface area contributed by atoms with Crippen molar-refractivity contribution in [3.05, 3.63) is 46.7 Å². The Kier molecular flexibility index (Phi) is 3.59. The van der Waals surface area contributed by atoms with E-state index in [1.807, 2.05) is 53.2 Å². The fourth-order valence-electron chi connectivity index (χ4n) is 3.88. The number of amides is 1. The van der Waals surface area contributed by atoms with Crippen LogP contribution in [0.4, 0.5) is 0 Å². The van der Waals surface area contributed by atoms with E-state index in [9.17, 15) is 4.79 Å². The molecule has 1 atom stereocenters. The maximum atomic E-state index is 13.2. The molecule has 3 aromatic heterocycles. The molecular weight excluding hydrogens is 316 g/mol. The maximum Gasteiger partial charge on any atom is 0.255 e. The molecule has 1 aliphatic heterocycles.